The SMILES string of the molecule is Cn1cc(CNc2ncccc2C(=O)N2CCc3ccccc32)c(-c2ccccc2)n1. The first kappa shape index (κ1) is 19.1. The van der Waals surface area contributed by atoms with Crippen LogP contribution in [0.5, 0.6) is 0 Å². The number of carbonyl (C=O) groups is 1. The summed E-state index contributed by atoms with van der Waals surface area (Å²) in [6.45, 7) is 1.21. The first-order valence-electron chi connectivity index (χ1n) is 10.4. The average Bonchev–Trinajstić information content (AvgIpc) is 3.41. The molecular formula is C25H23N5O. The van der Waals surface area contributed by atoms with E-state index in [0.717, 1.165) is 28.9 Å². The lowest BCUT2D eigenvalue weighted by atomic mass is 10.1. The molecule has 2 aromatic heterocycles. The molecule has 154 valence electrons. The maximum Gasteiger partial charge on any atom is 0.262 e. The molecule has 1 N–H and O–H groups in total. The lowest BCUT2D eigenvalue weighted by molar-refractivity contribution is 0.0990. The van der Waals surface area contributed by atoms with E-state index in [9.17, 15) is 4.79 Å². The van der Waals surface area contributed by atoms with Crippen molar-refractivity contribution in [1.82, 2.24) is 14.8 Å². The van der Waals surface area contributed by atoms with Crippen molar-refractivity contribution >= 4 is 17.4 Å². The summed E-state index contributed by atoms with van der Waals surface area (Å²) < 4.78 is 1.81. The van der Waals surface area contributed by atoms with Crippen LogP contribution in [0.25, 0.3) is 11.3 Å². The van der Waals surface area contributed by atoms with Gasteiger partial charge in [-0.05, 0) is 30.2 Å². The molecule has 0 aliphatic carbocycles. The standard InChI is InChI=1S/C25H23N5O/c1-29-17-20(23(28-29)19-9-3-2-4-10-19)16-27-24-21(11-7-14-26-24)25(31)30-15-13-18-8-5-6-12-22(18)30/h2-12,14,17H,13,15-16H2,1H3,(H,26,27). The normalized spacial score (nSPS) is 12.6. The van der Waals surface area contributed by atoms with Gasteiger partial charge in [0.05, 0.1) is 11.3 Å². The zero-order chi connectivity index (χ0) is 21.2. The van der Waals surface area contributed by atoms with E-state index in [1.54, 1.807) is 12.3 Å². The van der Waals surface area contributed by atoms with Gasteiger partial charge >= 0.3 is 0 Å². The molecule has 1 aliphatic heterocycles. The number of hydrogen-bond donors (Lipinski definition) is 1. The van der Waals surface area contributed by atoms with Crippen LogP contribution in [0.1, 0.15) is 21.5 Å². The predicted molar refractivity (Wildman–Crippen MR) is 122 cm³/mol. The van der Waals surface area contributed by atoms with E-state index in [4.69, 9.17) is 0 Å². The van der Waals surface area contributed by atoms with Gasteiger partial charge in [-0.3, -0.25) is 9.48 Å². The van der Waals surface area contributed by atoms with Gasteiger partial charge in [-0.25, -0.2) is 4.98 Å². The summed E-state index contributed by atoms with van der Waals surface area (Å²) in [7, 11) is 1.91. The Morgan fingerprint density at radius 2 is 1.84 bits per heavy atom. The Bertz CT molecular complexity index is 1230. The second-order valence-electron chi connectivity index (χ2n) is 7.63. The van der Waals surface area contributed by atoms with Gasteiger partial charge in [0.25, 0.3) is 5.91 Å². The molecular weight excluding hydrogens is 386 g/mol. The van der Waals surface area contributed by atoms with Crippen LogP contribution >= 0.6 is 0 Å². The molecule has 0 saturated carbocycles. The van der Waals surface area contributed by atoms with Gasteiger partial charge in [0.2, 0.25) is 0 Å². The number of nitrogens with one attached hydrogen (secondary N) is 1. The van der Waals surface area contributed by atoms with Crippen molar-refractivity contribution < 1.29 is 4.79 Å². The highest BCUT2D eigenvalue weighted by molar-refractivity contribution is 6.10. The Balaban J connectivity index is 1.40. The Morgan fingerprint density at radius 1 is 1.03 bits per heavy atom. The summed E-state index contributed by atoms with van der Waals surface area (Å²) in [5, 5.41) is 7.99. The fourth-order valence-corrected chi connectivity index (χ4v) is 4.10. The Morgan fingerprint density at radius 3 is 2.71 bits per heavy atom. The molecule has 5 rings (SSSR count). The zero-order valence-electron chi connectivity index (χ0n) is 17.3. The van der Waals surface area contributed by atoms with E-state index in [1.165, 1.54) is 5.56 Å². The molecule has 1 aliphatic rings. The Hall–Kier alpha value is -3.93. The Kier molecular flexibility index (Phi) is 4.96. The van der Waals surface area contributed by atoms with Crippen LogP contribution in [0.3, 0.4) is 0 Å². The molecule has 6 nitrogen and oxygen atoms in total. The number of carbonyl (C=O) groups excluding carboxylic acids is 1. The monoisotopic (exact) mass is 409 g/mol. The van der Waals surface area contributed by atoms with Gasteiger partial charge in [0.1, 0.15) is 5.82 Å². The smallest absolute Gasteiger partial charge is 0.262 e. The maximum atomic E-state index is 13.4. The van der Waals surface area contributed by atoms with Crippen LogP contribution in [0.2, 0.25) is 0 Å². The molecule has 0 fully saturated rings. The molecule has 0 radical (unpaired) electrons. The summed E-state index contributed by atoms with van der Waals surface area (Å²) in [6.07, 6.45) is 4.58. The highest BCUT2D eigenvalue weighted by Crippen LogP contribution is 2.30. The molecule has 0 atom stereocenters. The molecule has 0 bridgehead atoms. The average molecular weight is 409 g/mol. The van der Waals surface area contributed by atoms with Gasteiger partial charge in [0, 0.05) is 49.3 Å². The molecule has 1 amide bonds. The fraction of sp³-hybridized carbons (Fsp3) is 0.160. The number of nitrogens with zero attached hydrogens (tertiary/aromatic N) is 4. The third-order valence-corrected chi connectivity index (χ3v) is 5.57. The quantitative estimate of drug-likeness (QED) is 0.534. The first-order valence-corrected chi connectivity index (χ1v) is 10.4. The van der Waals surface area contributed by atoms with Crippen molar-refractivity contribution in [3.63, 3.8) is 0 Å². The van der Waals surface area contributed by atoms with Crippen molar-refractivity contribution in [2.24, 2.45) is 7.05 Å². The lowest BCUT2D eigenvalue weighted by Crippen LogP contribution is -2.29. The Labute approximate surface area is 181 Å². The van der Waals surface area contributed by atoms with Crippen molar-refractivity contribution in [3.05, 3.63) is 95.8 Å². The minimum atomic E-state index is -0.0324. The first-order chi connectivity index (χ1) is 15.2. The van der Waals surface area contributed by atoms with E-state index in [0.29, 0.717) is 24.5 Å². The third-order valence-electron chi connectivity index (χ3n) is 5.57. The largest absolute Gasteiger partial charge is 0.365 e. The van der Waals surface area contributed by atoms with Gasteiger partial charge in [-0.2, -0.15) is 5.10 Å². The highest BCUT2D eigenvalue weighted by Gasteiger charge is 2.27. The fourth-order valence-electron chi connectivity index (χ4n) is 4.10. The van der Waals surface area contributed by atoms with E-state index < -0.39 is 0 Å². The van der Waals surface area contributed by atoms with Crippen LogP contribution in [0, 0.1) is 0 Å². The van der Waals surface area contributed by atoms with E-state index >= 15 is 0 Å². The van der Waals surface area contributed by atoms with Gasteiger partial charge < -0.3 is 10.2 Å². The predicted octanol–water partition coefficient (Wildman–Crippen LogP) is 4.30. The minimum Gasteiger partial charge on any atom is -0.365 e. The number of amides is 1. The summed E-state index contributed by atoms with van der Waals surface area (Å²) >= 11 is 0. The number of fused-ring (bicyclic) bond motifs is 1. The van der Waals surface area contributed by atoms with Crippen molar-refractivity contribution in [2.75, 3.05) is 16.8 Å². The van der Waals surface area contributed by atoms with Crippen LogP contribution < -0.4 is 10.2 Å². The number of rotatable bonds is 5. The van der Waals surface area contributed by atoms with Crippen LogP contribution in [-0.4, -0.2) is 27.2 Å². The number of benzene rings is 2. The molecule has 4 aromatic rings. The van der Waals surface area contributed by atoms with Crippen LogP contribution in [0.4, 0.5) is 11.5 Å². The van der Waals surface area contributed by atoms with Gasteiger partial charge in [-0.1, -0.05) is 48.5 Å². The molecule has 0 spiro atoms. The summed E-state index contributed by atoms with van der Waals surface area (Å²) in [5.41, 5.74) is 5.80. The summed E-state index contributed by atoms with van der Waals surface area (Å²) in [6, 6.07) is 21.8. The molecule has 3 heterocycles. The van der Waals surface area contributed by atoms with Crippen LogP contribution in [0.15, 0.2) is 79.1 Å². The van der Waals surface area contributed by atoms with Crippen LogP contribution in [-0.2, 0) is 20.0 Å². The van der Waals surface area contributed by atoms with Gasteiger partial charge in [-0.15, -0.1) is 0 Å². The summed E-state index contributed by atoms with van der Waals surface area (Å²) in [5.74, 6) is 0.551. The topological polar surface area (TPSA) is 63.1 Å². The van der Waals surface area contributed by atoms with E-state index in [-0.39, 0.29) is 5.91 Å². The van der Waals surface area contributed by atoms with Crippen molar-refractivity contribution in [3.8, 4) is 11.3 Å². The number of aryl methyl sites for hydroxylation is 1. The zero-order valence-corrected chi connectivity index (χ0v) is 17.3. The van der Waals surface area contributed by atoms with E-state index in [2.05, 4.69) is 21.5 Å². The van der Waals surface area contributed by atoms with Gasteiger partial charge in [0.15, 0.2) is 0 Å². The molecule has 31 heavy (non-hydrogen) atoms. The van der Waals surface area contributed by atoms with Crippen molar-refractivity contribution in [1.29, 1.82) is 0 Å². The lowest BCUT2D eigenvalue weighted by Gasteiger charge is -2.19. The molecule has 0 saturated heterocycles. The minimum absolute atomic E-state index is 0.0324. The van der Waals surface area contributed by atoms with E-state index in [1.807, 2.05) is 77.4 Å². The molecule has 2 aromatic carbocycles. The maximum absolute atomic E-state index is 13.4. The second-order valence-corrected chi connectivity index (χ2v) is 7.63. The summed E-state index contributed by atoms with van der Waals surface area (Å²) in [4.78, 5) is 19.7. The number of hydrogen-bond acceptors (Lipinski definition) is 4. The second kappa shape index (κ2) is 8.07. The number of pyridine rings is 1. The number of para-hydroxylation sites is 1. The number of anilines is 2. The van der Waals surface area contributed by atoms with Crippen molar-refractivity contribution in [2.45, 2.75) is 13.0 Å². The third kappa shape index (κ3) is 3.68. The highest BCUT2D eigenvalue weighted by atomic mass is 16.2. The molecule has 6 heteroatoms. The molecule has 0 unspecified atom stereocenters. The number of aromatic nitrogens is 3.